The summed E-state index contributed by atoms with van der Waals surface area (Å²) < 4.78 is 0.990. The van der Waals surface area contributed by atoms with Gasteiger partial charge in [0.15, 0.2) is 0 Å². The first kappa shape index (κ1) is 8.38. The standard InChI is InChI=1S/C10H8BrNO/c11-8-2-1-6-4-9(12)10(13)5-7(6)3-8/h1-5,13H,12H2. The van der Waals surface area contributed by atoms with Crippen molar-refractivity contribution < 1.29 is 5.11 Å². The average molecular weight is 238 g/mol. The van der Waals surface area contributed by atoms with Crippen LogP contribution in [0.3, 0.4) is 0 Å². The predicted octanol–water partition coefficient (Wildman–Crippen LogP) is 2.89. The lowest BCUT2D eigenvalue weighted by atomic mass is 10.1. The zero-order valence-corrected chi connectivity index (χ0v) is 8.38. The number of halogens is 1. The molecule has 0 fully saturated rings. The summed E-state index contributed by atoms with van der Waals surface area (Å²) in [7, 11) is 0. The summed E-state index contributed by atoms with van der Waals surface area (Å²) in [6.45, 7) is 0. The van der Waals surface area contributed by atoms with Gasteiger partial charge in [0.05, 0.1) is 5.69 Å². The highest BCUT2D eigenvalue weighted by molar-refractivity contribution is 9.10. The quantitative estimate of drug-likeness (QED) is 0.547. The lowest BCUT2D eigenvalue weighted by molar-refractivity contribution is 0.479. The molecule has 2 rings (SSSR count). The van der Waals surface area contributed by atoms with Crippen LogP contribution in [0.4, 0.5) is 5.69 Å². The Morgan fingerprint density at radius 2 is 1.85 bits per heavy atom. The molecule has 2 aromatic carbocycles. The topological polar surface area (TPSA) is 46.2 Å². The summed E-state index contributed by atoms with van der Waals surface area (Å²) in [6.07, 6.45) is 0. The fraction of sp³-hybridized carbons (Fsp3) is 0. The Morgan fingerprint density at radius 3 is 2.62 bits per heavy atom. The molecule has 0 saturated carbocycles. The van der Waals surface area contributed by atoms with Gasteiger partial charge in [0.2, 0.25) is 0 Å². The van der Waals surface area contributed by atoms with E-state index in [0.717, 1.165) is 15.2 Å². The third kappa shape index (κ3) is 1.47. The molecule has 0 heterocycles. The number of nitrogens with two attached hydrogens (primary N) is 1. The molecule has 2 nitrogen and oxygen atoms in total. The highest BCUT2D eigenvalue weighted by Crippen LogP contribution is 2.28. The van der Waals surface area contributed by atoms with Crippen molar-refractivity contribution in [2.75, 3.05) is 5.73 Å². The van der Waals surface area contributed by atoms with Crippen molar-refractivity contribution in [1.29, 1.82) is 0 Å². The SMILES string of the molecule is Nc1cc2ccc(Br)cc2cc1O. The number of rotatable bonds is 0. The van der Waals surface area contributed by atoms with Crippen LogP contribution in [0, 0.1) is 0 Å². The number of hydrogen-bond acceptors (Lipinski definition) is 2. The molecule has 0 aliphatic carbocycles. The molecule has 0 aliphatic heterocycles. The van der Waals surface area contributed by atoms with Gasteiger partial charge in [-0.1, -0.05) is 22.0 Å². The van der Waals surface area contributed by atoms with E-state index in [1.165, 1.54) is 0 Å². The first-order chi connectivity index (χ1) is 6.16. The van der Waals surface area contributed by atoms with Gasteiger partial charge in [0.25, 0.3) is 0 Å². The Balaban J connectivity index is 2.81. The van der Waals surface area contributed by atoms with E-state index in [4.69, 9.17) is 5.73 Å². The van der Waals surface area contributed by atoms with Crippen molar-refractivity contribution in [3.05, 3.63) is 34.8 Å². The van der Waals surface area contributed by atoms with E-state index in [1.807, 2.05) is 18.2 Å². The van der Waals surface area contributed by atoms with Crippen molar-refractivity contribution in [3.63, 3.8) is 0 Å². The van der Waals surface area contributed by atoms with Crippen LogP contribution in [0.15, 0.2) is 34.8 Å². The largest absolute Gasteiger partial charge is 0.506 e. The first-order valence-corrected chi connectivity index (χ1v) is 4.64. The van der Waals surface area contributed by atoms with Gasteiger partial charge in [-0.3, -0.25) is 0 Å². The van der Waals surface area contributed by atoms with Crippen LogP contribution in [0.25, 0.3) is 10.8 Å². The minimum Gasteiger partial charge on any atom is -0.506 e. The van der Waals surface area contributed by atoms with E-state index in [9.17, 15) is 5.11 Å². The van der Waals surface area contributed by atoms with Gasteiger partial charge >= 0.3 is 0 Å². The number of nitrogen functional groups attached to an aromatic ring is 1. The number of phenols is 1. The molecule has 13 heavy (non-hydrogen) atoms. The Labute approximate surface area is 84.1 Å². The lowest BCUT2D eigenvalue weighted by Gasteiger charge is -2.02. The maximum absolute atomic E-state index is 9.37. The second-order valence-electron chi connectivity index (χ2n) is 2.90. The van der Waals surface area contributed by atoms with Crippen LogP contribution >= 0.6 is 15.9 Å². The fourth-order valence-electron chi connectivity index (χ4n) is 1.27. The molecule has 0 spiro atoms. The van der Waals surface area contributed by atoms with Crippen molar-refractivity contribution in [1.82, 2.24) is 0 Å². The molecule has 0 aliphatic rings. The smallest absolute Gasteiger partial charge is 0.139 e. The van der Waals surface area contributed by atoms with E-state index >= 15 is 0 Å². The van der Waals surface area contributed by atoms with Gasteiger partial charge < -0.3 is 10.8 Å². The molecule has 0 unspecified atom stereocenters. The summed E-state index contributed by atoms with van der Waals surface area (Å²) in [5.41, 5.74) is 5.97. The number of fused-ring (bicyclic) bond motifs is 1. The van der Waals surface area contributed by atoms with Gasteiger partial charge in [-0.05, 0) is 35.0 Å². The predicted molar refractivity (Wildman–Crippen MR) is 57.7 cm³/mol. The molecule has 0 atom stereocenters. The minimum atomic E-state index is 0.130. The average Bonchev–Trinajstić information content (AvgIpc) is 2.08. The van der Waals surface area contributed by atoms with Gasteiger partial charge in [0.1, 0.15) is 5.75 Å². The third-order valence-corrected chi connectivity index (χ3v) is 2.44. The zero-order chi connectivity index (χ0) is 9.42. The van der Waals surface area contributed by atoms with Gasteiger partial charge in [-0.25, -0.2) is 0 Å². The minimum absolute atomic E-state index is 0.130. The summed E-state index contributed by atoms with van der Waals surface area (Å²) >= 11 is 3.36. The molecule has 0 bridgehead atoms. The molecule has 0 saturated heterocycles. The monoisotopic (exact) mass is 237 g/mol. The number of benzene rings is 2. The van der Waals surface area contributed by atoms with Gasteiger partial charge in [-0.2, -0.15) is 0 Å². The van der Waals surface area contributed by atoms with E-state index in [2.05, 4.69) is 15.9 Å². The maximum atomic E-state index is 9.37. The van der Waals surface area contributed by atoms with Crippen LogP contribution in [-0.2, 0) is 0 Å². The molecule has 0 aromatic heterocycles. The summed E-state index contributed by atoms with van der Waals surface area (Å²) in [4.78, 5) is 0. The van der Waals surface area contributed by atoms with E-state index in [1.54, 1.807) is 12.1 Å². The second kappa shape index (κ2) is 2.92. The molecule has 3 heteroatoms. The number of hydrogen-bond donors (Lipinski definition) is 2. The Bertz CT molecular complexity index is 468. The Hall–Kier alpha value is -1.22. The molecular weight excluding hydrogens is 230 g/mol. The summed E-state index contributed by atoms with van der Waals surface area (Å²) in [6, 6.07) is 9.26. The Morgan fingerprint density at radius 1 is 1.08 bits per heavy atom. The van der Waals surface area contributed by atoms with Crippen molar-refractivity contribution in [2.45, 2.75) is 0 Å². The van der Waals surface area contributed by atoms with Crippen LogP contribution in [0.5, 0.6) is 5.75 Å². The number of aromatic hydroxyl groups is 1. The molecule has 3 N–H and O–H groups in total. The molecule has 66 valence electrons. The molecule has 2 aromatic rings. The van der Waals surface area contributed by atoms with Gasteiger partial charge in [-0.15, -0.1) is 0 Å². The van der Waals surface area contributed by atoms with Crippen molar-refractivity contribution in [3.8, 4) is 5.75 Å². The van der Waals surface area contributed by atoms with Crippen molar-refractivity contribution in [2.24, 2.45) is 0 Å². The fourth-order valence-corrected chi connectivity index (χ4v) is 1.65. The highest BCUT2D eigenvalue weighted by Gasteiger charge is 2.00. The summed E-state index contributed by atoms with van der Waals surface area (Å²) in [5.74, 6) is 0.130. The highest BCUT2D eigenvalue weighted by atomic mass is 79.9. The molecular formula is C10H8BrNO. The van der Waals surface area contributed by atoms with Crippen LogP contribution in [0.1, 0.15) is 0 Å². The van der Waals surface area contributed by atoms with Crippen molar-refractivity contribution >= 4 is 32.4 Å². The number of anilines is 1. The third-order valence-electron chi connectivity index (χ3n) is 1.95. The van der Waals surface area contributed by atoms with Crippen LogP contribution < -0.4 is 5.73 Å². The van der Waals surface area contributed by atoms with Crippen LogP contribution in [0.2, 0.25) is 0 Å². The molecule has 0 amide bonds. The normalized spacial score (nSPS) is 10.5. The van der Waals surface area contributed by atoms with Crippen LogP contribution in [-0.4, -0.2) is 5.11 Å². The summed E-state index contributed by atoms with van der Waals surface area (Å²) in [5, 5.41) is 11.4. The Kier molecular flexibility index (Phi) is 1.88. The molecule has 0 radical (unpaired) electrons. The van der Waals surface area contributed by atoms with E-state index in [0.29, 0.717) is 5.69 Å². The van der Waals surface area contributed by atoms with Gasteiger partial charge in [0, 0.05) is 4.47 Å². The van der Waals surface area contributed by atoms with E-state index in [-0.39, 0.29) is 5.75 Å². The van der Waals surface area contributed by atoms with E-state index < -0.39 is 0 Å². The second-order valence-corrected chi connectivity index (χ2v) is 3.82. The first-order valence-electron chi connectivity index (χ1n) is 3.84. The number of phenolic OH excluding ortho intramolecular Hbond substituents is 1. The maximum Gasteiger partial charge on any atom is 0.139 e. The zero-order valence-electron chi connectivity index (χ0n) is 6.79. The lowest BCUT2D eigenvalue weighted by Crippen LogP contribution is -1.85.